The van der Waals surface area contributed by atoms with Gasteiger partial charge in [0.15, 0.2) is 5.78 Å². The van der Waals surface area contributed by atoms with E-state index in [1.165, 1.54) is 24.3 Å². The summed E-state index contributed by atoms with van der Waals surface area (Å²) in [6.45, 7) is 5.55. The van der Waals surface area contributed by atoms with Crippen LogP contribution in [0.15, 0.2) is 66.7 Å². The molecule has 0 spiro atoms. The molecule has 1 aliphatic rings. The summed E-state index contributed by atoms with van der Waals surface area (Å²) >= 11 is 0. The van der Waals surface area contributed by atoms with Crippen LogP contribution in [0, 0.1) is 12.8 Å². The van der Waals surface area contributed by atoms with E-state index in [2.05, 4.69) is 0 Å². The van der Waals surface area contributed by atoms with Crippen molar-refractivity contribution in [3.63, 3.8) is 0 Å². The number of halogens is 6. The molecule has 2 unspecified atom stereocenters. The van der Waals surface area contributed by atoms with E-state index in [0.717, 1.165) is 16.0 Å². The van der Waals surface area contributed by atoms with Gasteiger partial charge in [0.05, 0.1) is 17.2 Å². The number of rotatable bonds is 5. The van der Waals surface area contributed by atoms with E-state index in [-0.39, 0.29) is 23.2 Å². The highest BCUT2D eigenvalue weighted by molar-refractivity contribution is 6.49. The second kappa shape index (κ2) is 9.98. The van der Waals surface area contributed by atoms with Gasteiger partial charge in [0, 0.05) is 11.3 Å². The third-order valence-corrected chi connectivity index (χ3v) is 6.71. The van der Waals surface area contributed by atoms with Gasteiger partial charge in [-0.2, -0.15) is 26.3 Å². The number of ketones is 2. The van der Waals surface area contributed by atoms with E-state index in [0.29, 0.717) is 12.1 Å². The number of anilines is 1. The standard InChI is InChI=1S/C29H23F6NO3/c1-15(2)17-8-10-22(11-9-17)36-24(19-12-20(28(30,31)32)14-21(13-19)29(33,34)35)23(26(38)27(36)39)25(37)18-6-4-16(3)5-7-18/h4-15,23-24H,1-3H3. The van der Waals surface area contributed by atoms with E-state index < -0.39 is 58.5 Å². The number of hydrogen-bond acceptors (Lipinski definition) is 3. The van der Waals surface area contributed by atoms with E-state index in [9.17, 15) is 40.7 Å². The summed E-state index contributed by atoms with van der Waals surface area (Å²) in [6, 6.07) is 11.2. The van der Waals surface area contributed by atoms with Gasteiger partial charge in [0.25, 0.3) is 5.91 Å². The molecule has 0 bridgehead atoms. The zero-order chi connectivity index (χ0) is 28.9. The number of carbonyl (C=O) groups is 3. The predicted molar refractivity (Wildman–Crippen MR) is 131 cm³/mol. The van der Waals surface area contributed by atoms with Crippen LogP contribution in [0.2, 0.25) is 0 Å². The van der Waals surface area contributed by atoms with Gasteiger partial charge < -0.3 is 0 Å². The number of amides is 1. The van der Waals surface area contributed by atoms with Gasteiger partial charge >= 0.3 is 12.4 Å². The molecule has 0 aromatic heterocycles. The lowest BCUT2D eigenvalue weighted by Crippen LogP contribution is -2.31. The monoisotopic (exact) mass is 547 g/mol. The molecule has 4 rings (SSSR count). The lowest BCUT2D eigenvalue weighted by atomic mass is 9.85. The third kappa shape index (κ3) is 5.46. The third-order valence-electron chi connectivity index (χ3n) is 6.71. The summed E-state index contributed by atoms with van der Waals surface area (Å²) in [6.07, 6.45) is -10.3. The smallest absolute Gasteiger partial charge is 0.297 e. The Morgan fingerprint density at radius 3 is 1.77 bits per heavy atom. The van der Waals surface area contributed by atoms with Crippen LogP contribution in [0.5, 0.6) is 0 Å². The van der Waals surface area contributed by atoms with Gasteiger partial charge in [-0.15, -0.1) is 0 Å². The van der Waals surface area contributed by atoms with Crippen molar-refractivity contribution in [3.8, 4) is 0 Å². The minimum atomic E-state index is -5.16. The molecule has 1 saturated heterocycles. The van der Waals surface area contributed by atoms with Crippen molar-refractivity contribution in [1.29, 1.82) is 0 Å². The number of aryl methyl sites for hydroxylation is 1. The highest BCUT2D eigenvalue weighted by Crippen LogP contribution is 2.45. The van der Waals surface area contributed by atoms with Gasteiger partial charge in [-0.1, -0.05) is 55.8 Å². The molecule has 1 aliphatic heterocycles. The Kier molecular flexibility index (Phi) is 7.18. The topological polar surface area (TPSA) is 54.5 Å². The van der Waals surface area contributed by atoms with E-state index >= 15 is 0 Å². The summed E-state index contributed by atoms with van der Waals surface area (Å²) in [4.78, 5) is 40.8. The minimum Gasteiger partial charge on any atom is -0.297 e. The molecular formula is C29H23F6NO3. The molecule has 10 heteroatoms. The summed E-state index contributed by atoms with van der Waals surface area (Å²) in [5.74, 6) is -5.09. The molecule has 0 aliphatic carbocycles. The first-order chi connectivity index (χ1) is 18.1. The van der Waals surface area contributed by atoms with E-state index in [1.807, 2.05) is 13.8 Å². The first-order valence-corrected chi connectivity index (χ1v) is 12.0. The molecule has 1 heterocycles. The second-order valence-electron chi connectivity index (χ2n) is 9.78. The van der Waals surface area contributed by atoms with Crippen LogP contribution in [-0.4, -0.2) is 17.5 Å². The summed E-state index contributed by atoms with van der Waals surface area (Å²) < 4.78 is 82.2. The number of nitrogens with zero attached hydrogens (tertiary/aromatic N) is 1. The SMILES string of the molecule is Cc1ccc(C(=O)C2C(=O)C(=O)N(c3ccc(C(C)C)cc3)C2c2cc(C(F)(F)F)cc(C(F)(F)F)c2)cc1. The average molecular weight is 547 g/mol. The quantitative estimate of drug-likeness (QED) is 0.146. The number of alkyl halides is 6. The molecule has 0 radical (unpaired) electrons. The fourth-order valence-electron chi connectivity index (χ4n) is 4.62. The minimum absolute atomic E-state index is 0.00298. The van der Waals surface area contributed by atoms with Crippen molar-refractivity contribution in [1.82, 2.24) is 0 Å². The maximum atomic E-state index is 13.7. The van der Waals surface area contributed by atoms with E-state index in [1.54, 1.807) is 31.2 Å². The fourth-order valence-corrected chi connectivity index (χ4v) is 4.62. The molecule has 39 heavy (non-hydrogen) atoms. The van der Waals surface area contributed by atoms with Crippen molar-refractivity contribution in [2.24, 2.45) is 5.92 Å². The molecule has 3 aromatic rings. The average Bonchev–Trinajstić information content (AvgIpc) is 3.13. The first kappa shape index (κ1) is 28.1. The largest absolute Gasteiger partial charge is 0.416 e. The van der Waals surface area contributed by atoms with E-state index in [4.69, 9.17) is 0 Å². The van der Waals surface area contributed by atoms with Crippen LogP contribution >= 0.6 is 0 Å². The lowest BCUT2D eigenvalue weighted by molar-refractivity contribution is -0.143. The lowest BCUT2D eigenvalue weighted by Gasteiger charge is -2.29. The van der Waals surface area contributed by atoms with Gasteiger partial charge in [-0.3, -0.25) is 19.3 Å². The molecular weight excluding hydrogens is 524 g/mol. The van der Waals surface area contributed by atoms with Crippen molar-refractivity contribution >= 4 is 23.2 Å². The van der Waals surface area contributed by atoms with Crippen molar-refractivity contribution < 1.29 is 40.7 Å². The Balaban J connectivity index is 1.96. The van der Waals surface area contributed by atoms with Crippen molar-refractivity contribution in [2.45, 2.75) is 45.1 Å². The molecule has 3 aromatic carbocycles. The maximum absolute atomic E-state index is 13.7. The second-order valence-corrected chi connectivity index (χ2v) is 9.78. The predicted octanol–water partition coefficient (Wildman–Crippen LogP) is 7.31. The van der Waals surface area contributed by atoms with Crippen molar-refractivity contribution in [3.05, 3.63) is 100 Å². The van der Waals surface area contributed by atoms with Crippen molar-refractivity contribution in [2.75, 3.05) is 4.90 Å². The molecule has 1 amide bonds. The Morgan fingerprint density at radius 1 is 0.795 bits per heavy atom. The molecule has 204 valence electrons. The fraction of sp³-hybridized carbons (Fsp3) is 0.276. The van der Waals surface area contributed by atoms with Crippen LogP contribution in [-0.2, 0) is 21.9 Å². The van der Waals surface area contributed by atoms with Gasteiger partial charge in [-0.05, 0) is 54.3 Å². The molecule has 1 fully saturated rings. The van der Waals surface area contributed by atoms with Crippen LogP contribution in [0.3, 0.4) is 0 Å². The zero-order valence-electron chi connectivity index (χ0n) is 21.0. The molecule has 2 atom stereocenters. The molecule has 4 nitrogen and oxygen atoms in total. The summed E-state index contributed by atoms with van der Waals surface area (Å²) in [5.41, 5.74) is -2.18. The molecule has 0 N–H and O–H groups in total. The summed E-state index contributed by atoms with van der Waals surface area (Å²) in [7, 11) is 0. The van der Waals surface area contributed by atoms with Gasteiger partial charge in [-0.25, -0.2) is 0 Å². The zero-order valence-corrected chi connectivity index (χ0v) is 21.0. The number of hydrogen-bond donors (Lipinski definition) is 0. The highest BCUT2D eigenvalue weighted by atomic mass is 19.4. The van der Waals surface area contributed by atoms with Crippen LogP contribution in [0.25, 0.3) is 0 Å². The first-order valence-electron chi connectivity index (χ1n) is 12.0. The summed E-state index contributed by atoms with van der Waals surface area (Å²) in [5, 5.41) is 0. The Bertz CT molecular complexity index is 1390. The Morgan fingerprint density at radius 2 is 1.31 bits per heavy atom. The van der Waals surface area contributed by atoms with Gasteiger partial charge in [0.1, 0.15) is 5.92 Å². The Hall–Kier alpha value is -3.95. The normalized spacial score (nSPS) is 18.3. The van der Waals surface area contributed by atoms with Gasteiger partial charge in [0.2, 0.25) is 5.78 Å². The maximum Gasteiger partial charge on any atom is 0.416 e. The number of benzene rings is 3. The molecule has 0 saturated carbocycles. The highest BCUT2D eigenvalue weighted by Gasteiger charge is 2.53. The number of Topliss-reactive ketones (excluding diaryl/α,β-unsaturated/α-hetero) is 2. The Labute approximate surface area is 220 Å². The van der Waals surface area contributed by atoms with Crippen LogP contribution in [0.1, 0.15) is 64.0 Å². The van der Waals surface area contributed by atoms with Crippen LogP contribution < -0.4 is 4.90 Å². The number of carbonyl (C=O) groups excluding carboxylic acids is 3. The van der Waals surface area contributed by atoms with Crippen LogP contribution in [0.4, 0.5) is 32.0 Å².